The molecule has 0 spiro atoms. The Bertz CT molecular complexity index is 679. The fourth-order valence-electron chi connectivity index (χ4n) is 3.31. The number of ether oxygens (including phenoxy) is 1. The molecule has 3 rings (SSSR count). The lowest BCUT2D eigenvalue weighted by molar-refractivity contribution is 0.129. The van der Waals surface area contributed by atoms with E-state index in [2.05, 4.69) is 51.5 Å². The summed E-state index contributed by atoms with van der Waals surface area (Å²) in [6.07, 6.45) is 3.72. The summed E-state index contributed by atoms with van der Waals surface area (Å²) in [5.41, 5.74) is 6.83. The van der Waals surface area contributed by atoms with Crippen molar-refractivity contribution in [3.63, 3.8) is 0 Å². The Hall–Kier alpha value is -1.02. The number of benzene rings is 1. The van der Waals surface area contributed by atoms with Crippen molar-refractivity contribution in [2.45, 2.75) is 33.1 Å². The molecular formula is C18H27IN4O. The molecule has 0 radical (unpaired) electrons. The zero-order valence-electron chi connectivity index (χ0n) is 14.5. The SMILES string of the molecule is CCC(C)CN1CCC(COc2cc(I)c3c(N)n[nH]c3c2)CC1. The fraction of sp³-hybridized carbons (Fsp3) is 0.611. The maximum absolute atomic E-state index is 6.07. The smallest absolute Gasteiger partial charge is 0.154 e. The van der Waals surface area contributed by atoms with Crippen LogP contribution in [0.4, 0.5) is 5.82 Å². The van der Waals surface area contributed by atoms with E-state index in [1.54, 1.807) is 0 Å². The Labute approximate surface area is 157 Å². The van der Waals surface area contributed by atoms with Crippen molar-refractivity contribution in [2.75, 3.05) is 32.0 Å². The van der Waals surface area contributed by atoms with Crippen molar-refractivity contribution >= 4 is 39.3 Å². The van der Waals surface area contributed by atoms with Crippen molar-refractivity contribution in [1.29, 1.82) is 0 Å². The van der Waals surface area contributed by atoms with E-state index < -0.39 is 0 Å². The normalized spacial score (nSPS) is 18.1. The first-order valence-corrected chi connectivity index (χ1v) is 9.93. The van der Waals surface area contributed by atoms with Crippen LogP contribution in [0.25, 0.3) is 10.9 Å². The standard InChI is InChI=1S/C18H27IN4O/c1-3-12(2)10-23-6-4-13(5-7-23)11-24-14-8-15(19)17-16(9-14)21-22-18(17)20/h8-9,12-13H,3-7,10-11H2,1-2H3,(H3,20,21,22). The minimum absolute atomic E-state index is 0.551. The molecule has 1 atom stereocenters. The number of nitrogens with two attached hydrogens (primary N) is 1. The van der Waals surface area contributed by atoms with Crippen LogP contribution >= 0.6 is 22.6 Å². The predicted octanol–water partition coefficient (Wildman–Crippen LogP) is 3.89. The molecule has 2 heterocycles. The van der Waals surface area contributed by atoms with Crippen molar-refractivity contribution in [3.8, 4) is 5.75 Å². The number of likely N-dealkylation sites (tertiary alicyclic amines) is 1. The van der Waals surface area contributed by atoms with E-state index in [9.17, 15) is 0 Å². The molecule has 1 aromatic carbocycles. The molecule has 0 saturated carbocycles. The summed E-state index contributed by atoms with van der Waals surface area (Å²) in [6.45, 7) is 9.05. The van der Waals surface area contributed by atoms with Gasteiger partial charge in [0.25, 0.3) is 0 Å². The Morgan fingerprint density at radius 2 is 2.17 bits per heavy atom. The Kier molecular flexibility index (Phi) is 5.86. The number of halogens is 1. The van der Waals surface area contributed by atoms with E-state index in [4.69, 9.17) is 10.5 Å². The van der Waals surface area contributed by atoms with Crippen LogP contribution in [0.1, 0.15) is 33.1 Å². The third-order valence-corrected chi connectivity index (χ3v) is 5.93. The summed E-state index contributed by atoms with van der Waals surface area (Å²) < 4.78 is 7.15. The van der Waals surface area contributed by atoms with Crippen molar-refractivity contribution in [2.24, 2.45) is 11.8 Å². The minimum atomic E-state index is 0.551. The third-order valence-electron chi connectivity index (χ3n) is 5.08. The Balaban J connectivity index is 1.52. The molecule has 24 heavy (non-hydrogen) atoms. The summed E-state index contributed by atoms with van der Waals surface area (Å²) in [5.74, 6) is 2.90. The van der Waals surface area contributed by atoms with E-state index >= 15 is 0 Å². The van der Waals surface area contributed by atoms with Crippen LogP contribution in [-0.4, -0.2) is 41.3 Å². The first-order valence-electron chi connectivity index (χ1n) is 8.85. The third kappa shape index (κ3) is 4.14. The fourth-order valence-corrected chi connectivity index (χ4v) is 4.18. The van der Waals surface area contributed by atoms with Crippen LogP contribution in [0.15, 0.2) is 12.1 Å². The second-order valence-electron chi connectivity index (χ2n) is 7.00. The number of aromatic amines is 1. The summed E-state index contributed by atoms with van der Waals surface area (Å²) in [7, 11) is 0. The molecule has 3 N–H and O–H groups in total. The van der Waals surface area contributed by atoms with Crippen LogP contribution < -0.4 is 10.5 Å². The van der Waals surface area contributed by atoms with Crippen LogP contribution in [-0.2, 0) is 0 Å². The van der Waals surface area contributed by atoms with Gasteiger partial charge < -0.3 is 15.4 Å². The van der Waals surface area contributed by atoms with E-state index in [0.717, 1.165) is 32.7 Å². The average molecular weight is 442 g/mol. The number of piperidine rings is 1. The van der Waals surface area contributed by atoms with Crippen LogP contribution in [0.5, 0.6) is 5.75 Å². The van der Waals surface area contributed by atoms with Gasteiger partial charge >= 0.3 is 0 Å². The van der Waals surface area contributed by atoms with Gasteiger partial charge in [0.15, 0.2) is 5.82 Å². The van der Waals surface area contributed by atoms with Gasteiger partial charge in [0.05, 0.1) is 17.5 Å². The zero-order chi connectivity index (χ0) is 17.1. The van der Waals surface area contributed by atoms with Gasteiger partial charge in [-0.2, -0.15) is 5.10 Å². The molecular weight excluding hydrogens is 415 g/mol. The molecule has 5 nitrogen and oxygen atoms in total. The zero-order valence-corrected chi connectivity index (χ0v) is 16.7. The number of fused-ring (bicyclic) bond motifs is 1. The molecule has 1 aliphatic heterocycles. The number of hydrogen-bond acceptors (Lipinski definition) is 4. The highest BCUT2D eigenvalue weighted by molar-refractivity contribution is 14.1. The monoisotopic (exact) mass is 442 g/mol. The van der Waals surface area contributed by atoms with E-state index in [1.807, 2.05) is 12.1 Å². The van der Waals surface area contributed by atoms with Gasteiger partial charge in [0.2, 0.25) is 0 Å². The largest absolute Gasteiger partial charge is 0.493 e. The predicted molar refractivity (Wildman–Crippen MR) is 107 cm³/mol. The summed E-state index contributed by atoms with van der Waals surface area (Å²) >= 11 is 2.29. The lowest BCUT2D eigenvalue weighted by Crippen LogP contribution is -2.37. The second-order valence-corrected chi connectivity index (χ2v) is 8.17. The summed E-state index contributed by atoms with van der Waals surface area (Å²) in [4.78, 5) is 2.60. The quantitative estimate of drug-likeness (QED) is 0.667. The summed E-state index contributed by atoms with van der Waals surface area (Å²) in [5, 5.41) is 8.03. The number of rotatable bonds is 6. The molecule has 0 bridgehead atoms. The highest BCUT2D eigenvalue weighted by Crippen LogP contribution is 2.29. The van der Waals surface area contributed by atoms with Gasteiger partial charge in [-0.3, -0.25) is 5.10 Å². The highest BCUT2D eigenvalue weighted by Gasteiger charge is 2.21. The number of aromatic nitrogens is 2. The lowest BCUT2D eigenvalue weighted by Gasteiger charge is -2.33. The van der Waals surface area contributed by atoms with Crippen LogP contribution in [0.2, 0.25) is 0 Å². The van der Waals surface area contributed by atoms with Crippen LogP contribution in [0.3, 0.4) is 0 Å². The van der Waals surface area contributed by atoms with Gasteiger partial charge in [-0.05, 0) is 66.4 Å². The molecule has 1 fully saturated rings. The molecule has 1 aliphatic rings. The van der Waals surface area contributed by atoms with Gasteiger partial charge in [-0.1, -0.05) is 20.3 Å². The maximum Gasteiger partial charge on any atom is 0.154 e. The number of anilines is 1. The molecule has 0 amide bonds. The molecule has 6 heteroatoms. The molecule has 1 aromatic heterocycles. The topological polar surface area (TPSA) is 67.2 Å². The molecule has 132 valence electrons. The Morgan fingerprint density at radius 3 is 2.88 bits per heavy atom. The van der Waals surface area contributed by atoms with E-state index in [1.165, 1.54) is 38.9 Å². The van der Waals surface area contributed by atoms with Crippen molar-refractivity contribution in [3.05, 3.63) is 15.7 Å². The maximum atomic E-state index is 6.07. The van der Waals surface area contributed by atoms with E-state index in [0.29, 0.717) is 11.7 Å². The summed E-state index contributed by atoms with van der Waals surface area (Å²) in [6, 6.07) is 4.05. The average Bonchev–Trinajstić information content (AvgIpc) is 2.95. The Morgan fingerprint density at radius 1 is 1.42 bits per heavy atom. The minimum Gasteiger partial charge on any atom is -0.493 e. The highest BCUT2D eigenvalue weighted by atomic mass is 127. The lowest BCUT2D eigenvalue weighted by atomic mass is 9.96. The van der Waals surface area contributed by atoms with E-state index in [-0.39, 0.29) is 0 Å². The van der Waals surface area contributed by atoms with Gasteiger partial charge in [0.1, 0.15) is 5.75 Å². The van der Waals surface area contributed by atoms with Gasteiger partial charge in [-0.25, -0.2) is 0 Å². The first kappa shape index (κ1) is 17.8. The number of nitrogens with one attached hydrogen (secondary N) is 1. The van der Waals surface area contributed by atoms with Gasteiger partial charge in [0, 0.05) is 16.2 Å². The number of H-pyrrole nitrogens is 1. The molecule has 1 saturated heterocycles. The first-order chi connectivity index (χ1) is 11.6. The van der Waals surface area contributed by atoms with Crippen molar-refractivity contribution < 1.29 is 4.74 Å². The number of nitrogens with zero attached hydrogens (tertiary/aromatic N) is 2. The number of hydrogen-bond donors (Lipinski definition) is 2. The number of nitrogen functional groups attached to an aromatic ring is 1. The molecule has 0 aliphatic carbocycles. The molecule has 1 unspecified atom stereocenters. The van der Waals surface area contributed by atoms with Gasteiger partial charge in [-0.15, -0.1) is 0 Å². The molecule has 2 aromatic rings. The van der Waals surface area contributed by atoms with Crippen LogP contribution in [0, 0.1) is 15.4 Å². The van der Waals surface area contributed by atoms with Crippen molar-refractivity contribution in [1.82, 2.24) is 15.1 Å². The second kappa shape index (κ2) is 7.91.